The van der Waals surface area contributed by atoms with E-state index in [0.717, 1.165) is 6.67 Å². The van der Waals surface area contributed by atoms with Crippen LogP contribution < -0.4 is 0 Å². The first kappa shape index (κ1) is 15.5. The molecule has 0 atom stereocenters. The first-order valence-corrected chi connectivity index (χ1v) is 3.95. The van der Waals surface area contributed by atoms with Gasteiger partial charge in [-0.2, -0.15) is 0 Å². The molecule has 0 aliphatic carbocycles. The summed E-state index contributed by atoms with van der Waals surface area (Å²) in [6, 6.07) is 0. The predicted octanol–water partition coefficient (Wildman–Crippen LogP) is 1.16. The maximum atomic E-state index is 2.34. The zero-order valence-corrected chi connectivity index (χ0v) is 15.8. The van der Waals surface area contributed by atoms with Crippen molar-refractivity contribution in [2.45, 2.75) is 19.8 Å². The van der Waals surface area contributed by atoms with Gasteiger partial charge >= 0.3 is 27.3 Å². The maximum absolute atomic E-state index is 2.34. The second-order valence-corrected chi connectivity index (χ2v) is 2.86. The van der Waals surface area contributed by atoms with Gasteiger partial charge in [0.25, 0.3) is 0 Å². The number of halogens is 1. The number of rotatable bonds is 3. The molecule has 0 saturated heterocycles. The van der Waals surface area contributed by atoms with Crippen molar-refractivity contribution >= 4 is 51.3 Å². The minimum atomic E-state index is 0. The van der Waals surface area contributed by atoms with Crippen molar-refractivity contribution in [1.82, 2.24) is 9.80 Å². The zero-order valence-electron chi connectivity index (χ0n) is 7.99. The van der Waals surface area contributed by atoms with Gasteiger partial charge in [-0.05, 0) is 6.42 Å². The van der Waals surface area contributed by atoms with Crippen LogP contribution in [0.4, 0.5) is 0 Å². The van der Waals surface area contributed by atoms with Crippen LogP contribution in [-0.4, -0.2) is 57.4 Å². The molecule has 1 heterocycles. The molecule has 0 aromatic carbocycles. The summed E-state index contributed by atoms with van der Waals surface area (Å²) in [5, 5.41) is 0. The fourth-order valence-electron chi connectivity index (χ4n) is 1.10. The van der Waals surface area contributed by atoms with Gasteiger partial charge in [-0.1, -0.05) is 13.3 Å². The van der Waals surface area contributed by atoms with E-state index in [1.807, 2.05) is 0 Å². The summed E-state index contributed by atoms with van der Waals surface area (Å²) in [4.78, 5) is 4.53. The summed E-state index contributed by atoms with van der Waals surface area (Å²) in [6.07, 6.45) is 6.87. The average molecular weight is 477 g/mol. The molecule has 4 heteroatoms. The van der Waals surface area contributed by atoms with Crippen LogP contribution in [0.3, 0.4) is 0 Å². The molecule has 12 heavy (non-hydrogen) atoms. The average Bonchev–Trinajstić information content (AvgIpc) is 2.31. The Hall–Kier alpha value is 0.992. The fraction of sp³-hybridized carbons (Fsp3) is 0.750. The third kappa shape index (κ3) is 5.61. The van der Waals surface area contributed by atoms with Gasteiger partial charge in [-0.3, -0.25) is 0 Å². The van der Waals surface area contributed by atoms with Gasteiger partial charge in [0, 0.05) is 26.0 Å². The molecule has 1 rings (SSSR count). The Balaban J connectivity index is 0. The molecule has 2 nitrogen and oxygen atoms in total. The van der Waals surface area contributed by atoms with E-state index >= 15 is 0 Å². The van der Waals surface area contributed by atoms with Crippen LogP contribution in [0.2, 0.25) is 0 Å². The Kier molecular flexibility index (Phi) is 11.1. The Morgan fingerprint density at radius 2 is 2.00 bits per heavy atom. The van der Waals surface area contributed by atoms with Crippen LogP contribution in [-0.2, 0) is 0 Å². The first-order chi connectivity index (χ1) is 4.83. The molecule has 0 saturated carbocycles. The normalized spacial score (nSPS) is 14.2. The molecule has 0 amide bonds. The fourth-order valence-corrected chi connectivity index (χ4v) is 1.10. The SMILES string of the molecule is CCCCN1C=CN(C)C1.I.[PbH2]. The third-order valence-corrected chi connectivity index (χ3v) is 1.74. The topological polar surface area (TPSA) is 6.48 Å². The van der Waals surface area contributed by atoms with Crippen LogP contribution in [0.15, 0.2) is 12.4 Å². The molecule has 0 bridgehead atoms. The Bertz CT molecular complexity index is 130. The van der Waals surface area contributed by atoms with Crippen molar-refractivity contribution in [3.63, 3.8) is 0 Å². The molecule has 72 valence electrons. The van der Waals surface area contributed by atoms with Crippen LogP contribution >= 0.6 is 24.0 Å². The van der Waals surface area contributed by atoms with E-state index in [4.69, 9.17) is 0 Å². The Morgan fingerprint density at radius 1 is 1.33 bits per heavy atom. The minimum absolute atomic E-state index is 0. The number of unbranched alkanes of at least 4 members (excludes halogenated alkanes) is 1. The molecule has 0 aromatic heterocycles. The monoisotopic (exact) mass is 478 g/mol. The van der Waals surface area contributed by atoms with Crippen LogP contribution in [0.5, 0.6) is 0 Å². The molecular weight excluding hydrogens is 458 g/mol. The Morgan fingerprint density at radius 3 is 2.42 bits per heavy atom. The summed E-state index contributed by atoms with van der Waals surface area (Å²) >= 11 is 0. The van der Waals surface area contributed by atoms with E-state index in [-0.39, 0.29) is 51.3 Å². The van der Waals surface area contributed by atoms with Crippen molar-refractivity contribution < 1.29 is 0 Å². The van der Waals surface area contributed by atoms with E-state index in [1.54, 1.807) is 0 Å². The van der Waals surface area contributed by atoms with E-state index in [9.17, 15) is 0 Å². The standard InChI is InChI=1S/C8H16N2.HI.Pb.2H/c1-3-4-5-10-7-6-9(2)8-10;;;;/h6-7H,3-5,8H2,1-2H3;1H;;;. The molecule has 0 fully saturated rings. The van der Waals surface area contributed by atoms with Crippen molar-refractivity contribution in [1.29, 1.82) is 0 Å². The summed E-state index contributed by atoms with van der Waals surface area (Å²) in [6.45, 7) is 4.50. The second-order valence-electron chi connectivity index (χ2n) is 2.86. The van der Waals surface area contributed by atoms with Crippen molar-refractivity contribution in [3.8, 4) is 0 Å². The van der Waals surface area contributed by atoms with Gasteiger partial charge in [0.1, 0.15) is 0 Å². The first-order valence-electron chi connectivity index (χ1n) is 3.95. The molecule has 0 spiro atoms. The number of hydrogen-bond donors (Lipinski definition) is 0. The van der Waals surface area contributed by atoms with Crippen LogP contribution in [0, 0.1) is 0 Å². The van der Waals surface area contributed by atoms with Crippen molar-refractivity contribution in [3.05, 3.63) is 12.4 Å². The molecule has 0 unspecified atom stereocenters. The summed E-state index contributed by atoms with van der Waals surface area (Å²) in [5.74, 6) is 0. The second kappa shape index (κ2) is 8.58. The number of nitrogens with zero attached hydrogens (tertiary/aromatic N) is 2. The van der Waals surface area contributed by atoms with E-state index in [0.29, 0.717) is 0 Å². The summed E-state index contributed by atoms with van der Waals surface area (Å²) in [7, 11) is 2.10. The molecular formula is C8H19IN2Pb. The quantitative estimate of drug-likeness (QED) is 0.445. The van der Waals surface area contributed by atoms with Crippen LogP contribution in [0.25, 0.3) is 0 Å². The Labute approximate surface area is 113 Å². The van der Waals surface area contributed by atoms with Crippen molar-refractivity contribution in [2.75, 3.05) is 20.3 Å². The van der Waals surface area contributed by atoms with Gasteiger partial charge in [0.15, 0.2) is 0 Å². The van der Waals surface area contributed by atoms with E-state index in [2.05, 4.69) is 36.2 Å². The molecule has 0 aromatic rings. The predicted molar refractivity (Wildman–Crippen MR) is 67.3 cm³/mol. The van der Waals surface area contributed by atoms with Gasteiger partial charge in [-0.25, -0.2) is 0 Å². The molecule has 1 aliphatic rings. The number of hydrogen-bond acceptors (Lipinski definition) is 2. The van der Waals surface area contributed by atoms with Crippen molar-refractivity contribution in [2.24, 2.45) is 0 Å². The van der Waals surface area contributed by atoms with Gasteiger partial charge < -0.3 is 9.80 Å². The molecule has 0 N–H and O–H groups in total. The van der Waals surface area contributed by atoms with Gasteiger partial charge in [-0.15, -0.1) is 24.0 Å². The summed E-state index contributed by atoms with van der Waals surface area (Å²) in [5.41, 5.74) is 0. The molecule has 1 aliphatic heterocycles. The van der Waals surface area contributed by atoms with E-state index in [1.165, 1.54) is 19.4 Å². The third-order valence-electron chi connectivity index (χ3n) is 1.74. The van der Waals surface area contributed by atoms with Crippen LogP contribution in [0.1, 0.15) is 19.8 Å². The molecule has 2 radical (unpaired) electrons. The van der Waals surface area contributed by atoms with Gasteiger partial charge in [0.2, 0.25) is 0 Å². The van der Waals surface area contributed by atoms with E-state index < -0.39 is 0 Å². The zero-order chi connectivity index (χ0) is 7.40. The van der Waals surface area contributed by atoms with Gasteiger partial charge in [0.05, 0.1) is 6.67 Å². The summed E-state index contributed by atoms with van der Waals surface area (Å²) < 4.78 is 0.